The molecular weight excluding hydrogens is 423 g/mol. The third kappa shape index (κ3) is 4.17. The van der Waals surface area contributed by atoms with E-state index in [4.69, 9.17) is 4.74 Å². The lowest BCUT2D eigenvalue weighted by Crippen LogP contribution is -2.39. The summed E-state index contributed by atoms with van der Waals surface area (Å²) < 4.78 is 20.2. The monoisotopic (exact) mass is 442 g/mol. The van der Waals surface area contributed by atoms with Crippen molar-refractivity contribution in [3.63, 3.8) is 0 Å². The molecule has 0 unspecified atom stereocenters. The zero-order chi connectivity index (χ0) is 19.5. The second-order valence-electron chi connectivity index (χ2n) is 7.02. The molecule has 0 radical (unpaired) electrons. The maximum absolute atomic E-state index is 13.0. The van der Waals surface area contributed by atoms with Crippen molar-refractivity contribution in [3.05, 3.63) is 70.6 Å². The van der Waals surface area contributed by atoms with Crippen molar-refractivity contribution in [1.82, 2.24) is 10.3 Å². The minimum atomic E-state index is -0.343. The number of hydrogen-bond donors (Lipinski definition) is 1. The molecule has 1 amide bonds. The van der Waals surface area contributed by atoms with Gasteiger partial charge >= 0.3 is 0 Å². The number of amides is 1. The van der Waals surface area contributed by atoms with Crippen molar-refractivity contribution < 1.29 is 13.9 Å². The Labute approximate surface area is 171 Å². The number of nitrogens with one attached hydrogen (secondary N) is 1. The first-order valence-corrected chi connectivity index (χ1v) is 10.2. The second-order valence-corrected chi connectivity index (χ2v) is 7.87. The summed E-state index contributed by atoms with van der Waals surface area (Å²) in [7, 11) is 0. The molecule has 1 aromatic heterocycles. The summed E-state index contributed by atoms with van der Waals surface area (Å²) in [6, 6.07) is 13.6. The van der Waals surface area contributed by atoms with Crippen molar-refractivity contribution in [2.75, 3.05) is 0 Å². The van der Waals surface area contributed by atoms with Gasteiger partial charge in [0, 0.05) is 27.7 Å². The number of carbonyl (C=O) groups excluding carboxylic acids is 1. The molecule has 28 heavy (non-hydrogen) atoms. The largest absolute Gasteiger partial charge is 0.490 e. The predicted octanol–water partition coefficient (Wildman–Crippen LogP) is 5.26. The van der Waals surface area contributed by atoms with Crippen LogP contribution in [0.15, 0.2) is 59.2 Å². The minimum absolute atomic E-state index is 0.112. The van der Waals surface area contributed by atoms with E-state index in [0.717, 1.165) is 46.8 Å². The van der Waals surface area contributed by atoms with E-state index in [0.29, 0.717) is 5.56 Å². The maximum atomic E-state index is 13.0. The van der Waals surface area contributed by atoms with E-state index in [1.165, 1.54) is 24.3 Å². The molecule has 4 rings (SSSR count). The lowest BCUT2D eigenvalue weighted by Gasteiger charge is -2.29. The Morgan fingerprint density at radius 3 is 2.57 bits per heavy atom. The van der Waals surface area contributed by atoms with Crippen molar-refractivity contribution >= 4 is 32.7 Å². The molecule has 1 aliphatic rings. The van der Waals surface area contributed by atoms with Gasteiger partial charge < -0.3 is 10.1 Å². The van der Waals surface area contributed by atoms with Crippen LogP contribution >= 0.6 is 15.9 Å². The lowest BCUT2D eigenvalue weighted by atomic mass is 9.92. The van der Waals surface area contributed by atoms with Gasteiger partial charge in [-0.1, -0.05) is 6.07 Å². The molecule has 1 fully saturated rings. The summed E-state index contributed by atoms with van der Waals surface area (Å²) in [5.41, 5.74) is 1.37. The maximum Gasteiger partial charge on any atom is 0.251 e. The second kappa shape index (κ2) is 8.27. The Bertz CT molecular complexity index is 985. The highest BCUT2D eigenvalue weighted by molar-refractivity contribution is 9.10. The summed E-state index contributed by atoms with van der Waals surface area (Å²) in [5, 5.41) is 4.03. The molecule has 3 aromatic rings. The SMILES string of the molecule is O=C(N[C@H]1CC[C@H](Oc2ccnc3c(Br)cccc23)CC1)c1ccc(F)cc1. The molecule has 0 saturated heterocycles. The van der Waals surface area contributed by atoms with Crippen LogP contribution in [0.4, 0.5) is 4.39 Å². The molecule has 0 spiro atoms. The van der Waals surface area contributed by atoms with E-state index in [1.807, 2.05) is 24.3 Å². The Morgan fingerprint density at radius 1 is 1.07 bits per heavy atom. The fourth-order valence-corrected chi connectivity index (χ4v) is 4.06. The first-order valence-electron chi connectivity index (χ1n) is 9.36. The smallest absolute Gasteiger partial charge is 0.251 e. The Balaban J connectivity index is 1.35. The van der Waals surface area contributed by atoms with Gasteiger partial charge in [0.1, 0.15) is 11.6 Å². The van der Waals surface area contributed by atoms with Gasteiger partial charge in [0.15, 0.2) is 0 Å². The number of rotatable bonds is 4. The predicted molar refractivity (Wildman–Crippen MR) is 110 cm³/mol. The van der Waals surface area contributed by atoms with Crippen molar-refractivity contribution in [2.24, 2.45) is 0 Å². The Hall–Kier alpha value is -2.47. The zero-order valence-electron chi connectivity index (χ0n) is 15.2. The number of carbonyl (C=O) groups is 1. The quantitative estimate of drug-likeness (QED) is 0.599. The summed E-state index contributed by atoms with van der Waals surface area (Å²) in [4.78, 5) is 16.7. The van der Waals surface area contributed by atoms with E-state index in [2.05, 4.69) is 26.2 Å². The molecule has 6 heteroatoms. The van der Waals surface area contributed by atoms with Crippen LogP contribution in [0.1, 0.15) is 36.0 Å². The molecule has 1 N–H and O–H groups in total. The van der Waals surface area contributed by atoms with E-state index in [9.17, 15) is 9.18 Å². The molecule has 0 bridgehead atoms. The summed E-state index contributed by atoms with van der Waals surface area (Å²) in [6.45, 7) is 0. The molecule has 0 aliphatic heterocycles. The fourth-order valence-electron chi connectivity index (χ4n) is 3.59. The number of nitrogens with zero attached hydrogens (tertiary/aromatic N) is 1. The van der Waals surface area contributed by atoms with Gasteiger partial charge in [-0.2, -0.15) is 0 Å². The summed E-state index contributed by atoms with van der Waals surface area (Å²) in [5.74, 6) is 0.337. The van der Waals surface area contributed by atoms with Crippen LogP contribution in [0.25, 0.3) is 10.9 Å². The highest BCUT2D eigenvalue weighted by Gasteiger charge is 2.24. The topological polar surface area (TPSA) is 51.2 Å². The van der Waals surface area contributed by atoms with Crippen LogP contribution in [-0.4, -0.2) is 23.0 Å². The number of pyridine rings is 1. The van der Waals surface area contributed by atoms with Gasteiger partial charge in [-0.25, -0.2) is 4.39 Å². The summed E-state index contributed by atoms with van der Waals surface area (Å²) in [6.07, 6.45) is 5.31. The van der Waals surface area contributed by atoms with Gasteiger partial charge in [0.25, 0.3) is 5.91 Å². The fraction of sp³-hybridized carbons (Fsp3) is 0.273. The number of hydrogen-bond acceptors (Lipinski definition) is 3. The van der Waals surface area contributed by atoms with E-state index < -0.39 is 0 Å². The van der Waals surface area contributed by atoms with Gasteiger partial charge in [0.2, 0.25) is 0 Å². The number of fused-ring (bicyclic) bond motifs is 1. The standard InChI is InChI=1S/C22H20BrFN2O2/c23-19-3-1-2-18-20(12-13-25-21(18)19)28-17-10-8-16(9-11-17)26-22(27)14-4-6-15(24)7-5-14/h1-7,12-13,16-17H,8-11H2,(H,26,27)/t16-,17-. The van der Waals surface area contributed by atoms with Gasteiger partial charge in [0.05, 0.1) is 11.6 Å². The average molecular weight is 443 g/mol. The van der Waals surface area contributed by atoms with Crippen molar-refractivity contribution in [3.8, 4) is 5.75 Å². The number of aromatic nitrogens is 1. The molecular formula is C22H20BrFN2O2. The molecule has 1 heterocycles. The molecule has 4 nitrogen and oxygen atoms in total. The van der Waals surface area contributed by atoms with Crippen LogP contribution in [-0.2, 0) is 0 Å². The Morgan fingerprint density at radius 2 is 1.82 bits per heavy atom. The first-order chi connectivity index (χ1) is 13.6. The summed E-state index contributed by atoms with van der Waals surface area (Å²) >= 11 is 3.53. The number of ether oxygens (including phenoxy) is 1. The van der Waals surface area contributed by atoms with Gasteiger partial charge in [-0.3, -0.25) is 9.78 Å². The lowest BCUT2D eigenvalue weighted by molar-refractivity contribution is 0.0895. The first kappa shape index (κ1) is 18.9. The van der Waals surface area contributed by atoms with Crippen LogP contribution in [0.5, 0.6) is 5.75 Å². The van der Waals surface area contributed by atoms with Crippen LogP contribution in [0.2, 0.25) is 0 Å². The minimum Gasteiger partial charge on any atom is -0.490 e. The van der Waals surface area contributed by atoms with Crippen molar-refractivity contribution in [1.29, 1.82) is 0 Å². The molecule has 2 aromatic carbocycles. The number of benzene rings is 2. The van der Waals surface area contributed by atoms with E-state index in [-0.39, 0.29) is 23.9 Å². The van der Waals surface area contributed by atoms with Crippen molar-refractivity contribution in [2.45, 2.75) is 37.8 Å². The normalized spacial score (nSPS) is 19.4. The van der Waals surface area contributed by atoms with Crippen LogP contribution < -0.4 is 10.1 Å². The number of halogens is 2. The number of para-hydroxylation sites is 1. The highest BCUT2D eigenvalue weighted by atomic mass is 79.9. The van der Waals surface area contributed by atoms with Crippen LogP contribution in [0.3, 0.4) is 0 Å². The van der Waals surface area contributed by atoms with E-state index in [1.54, 1.807) is 6.20 Å². The molecule has 144 valence electrons. The van der Waals surface area contributed by atoms with Crippen LogP contribution in [0, 0.1) is 5.82 Å². The highest BCUT2D eigenvalue weighted by Crippen LogP contribution is 2.31. The third-order valence-corrected chi connectivity index (χ3v) is 5.73. The molecule has 0 atom stereocenters. The average Bonchev–Trinajstić information content (AvgIpc) is 2.71. The molecule has 1 aliphatic carbocycles. The zero-order valence-corrected chi connectivity index (χ0v) is 16.8. The molecule has 1 saturated carbocycles. The van der Waals surface area contributed by atoms with Gasteiger partial charge in [-0.15, -0.1) is 0 Å². The Kier molecular flexibility index (Phi) is 5.57. The third-order valence-electron chi connectivity index (χ3n) is 5.09. The van der Waals surface area contributed by atoms with Gasteiger partial charge in [-0.05, 0) is 84.1 Å². The van der Waals surface area contributed by atoms with E-state index >= 15 is 0 Å².